The van der Waals surface area contributed by atoms with Crippen molar-refractivity contribution in [2.75, 3.05) is 13.2 Å². The fourth-order valence-corrected chi connectivity index (χ4v) is 17.8. The smallest absolute Gasteiger partial charge is 0.192 e. The van der Waals surface area contributed by atoms with Gasteiger partial charge in [-0.15, -0.1) is 13.2 Å². The third kappa shape index (κ3) is 12.4. The van der Waals surface area contributed by atoms with Crippen LogP contribution in [-0.4, -0.2) is 80.1 Å². The van der Waals surface area contributed by atoms with Crippen molar-refractivity contribution >= 4 is 33.3 Å². The number of ether oxygens (including phenoxy) is 2. The minimum atomic E-state index is -1.98. The highest BCUT2D eigenvalue weighted by Gasteiger charge is 2.71. The van der Waals surface area contributed by atoms with E-state index in [1.807, 2.05) is 12.1 Å². The van der Waals surface area contributed by atoms with E-state index >= 15 is 0 Å². The molecule has 0 N–H and O–H groups in total. The molecule has 4 fully saturated rings. The molecule has 0 radical (unpaired) electrons. The molecule has 4 bridgehead atoms. The lowest BCUT2D eigenvalue weighted by Gasteiger charge is -2.57. The van der Waals surface area contributed by atoms with Gasteiger partial charge in [0.05, 0.1) is 35.6 Å². The molecule has 8 rings (SSSR count). The topological polar surface area (TPSA) is 55.4 Å². The Morgan fingerprint density at radius 2 is 0.919 bits per heavy atom. The second-order valence-electron chi connectivity index (χ2n) is 28.1. The van der Waals surface area contributed by atoms with Gasteiger partial charge < -0.3 is 27.2 Å². The molecule has 10 atom stereocenters. The number of fused-ring (bicyclic) bond motifs is 2. The maximum atomic E-state index is 7.34. The van der Waals surface area contributed by atoms with Crippen molar-refractivity contribution in [3.05, 3.63) is 121 Å². The van der Waals surface area contributed by atoms with Crippen LogP contribution >= 0.6 is 0 Å². The van der Waals surface area contributed by atoms with E-state index in [9.17, 15) is 0 Å². The highest BCUT2D eigenvalue weighted by Crippen LogP contribution is 2.65. The van der Waals surface area contributed by atoms with Crippen LogP contribution in [-0.2, 0) is 27.2 Å². The minimum Gasteiger partial charge on any atom is -0.414 e. The van der Waals surface area contributed by atoms with Crippen LogP contribution in [0.15, 0.2) is 110 Å². The Morgan fingerprint density at radius 1 is 0.568 bits per heavy atom. The van der Waals surface area contributed by atoms with Crippen molar-refractivity contribution in [1.82, 2.24) is 0 Å². The fraction of sp³-hybridized carbons (Fsp3) is 0.625. The van der Waals surface area contributed by atoms with Gasteiger partial charge >= 0.3 is 0 Å². The summed E-state index contributed by atoms with van der Waals surface area (Å²) < 4.78 is 43.0. The first kappa shape index (κ1) is 58.8. The summed E-state index contributed by atoms with van der Waals surface area (Å²) in [6.07, 6.45) is 22.8. The Kier molecular flexibility index (Phi) is 17.0. The molecule has 6 aliphatic rings. The zero-order chi connectivity index (χ0) is 54.3. The van der Waals surface area contributed by atoms with Crippen molar-refractivity contribution < 1.29 is 27.2 Å². The predicted molar refractivity (Wildman–Crippen MR) is 319 cm³/mol. The molecule has 2 spiro atoms. The molecule has 404 valence electrons. The van der Waals surface area contributed by atoms with Gasteiger partial charge in [-0.05, 0) is 151 Å². The van der Waals surface area contributed by atoms with E-state index in [1.54, 1.807) is 0 Å². The third-order valence-corrected chi connectivity index (χ3v) is 28.9. The lowest BCUT2D eigenvalue weighted by Crippen LogP contribution is -2.65. The molecule has 6 nitrogen and oxygen atoms in total. The lowest BCUT2D eigenvalue weighted by molar-refractivity contribution is -0.238. The summed E-state index contributed by atoms with van der Waals surface area (Å²) in [7, 11) is -7.89. The molecule has 4 aliphatic heterocycles. The van der Waals surface area contributed by atoms with Gasteiger partial charge in [0.1, 0.15) is 11.2 Å². The van der Waals surface area contributed by atoms with E-state index < -0.39 is 55.7 Å². The van der Waals surface area contributed by atoms with Gasteiger partial charge in [-0.2, -0.15) is 0 Å². The zero-order valence-corrected chi connectivity index (χ0v) is 52.9. The normalized spacial score (nSPS) is 33.4. The van der Waals surface area contributed by atoms with E-state index in [2.05, 4.69) is 229 Å². The highest BCUT2D eigenvalue weighted by molar-refractivity contribution is 6.74. The SMILES string of the molecule is C=CC[C@@H]1[C@]23CCC=C[C@H]2C[C@](CO[Si](C)(C)C(C)(C)C)(C[C@]1(C#Cc1ccccc1)O[Si](C)(C)C)O3.C=CC[C@H]1[C@@]23CCC=C[C@@H]2C[C@@](CO[Si](C)(C)C(C)(C)C)(C[C@@]1(C#Cc1ccccc1)O[Si](C)(C)C)O3. The van der Waals surface area contributed by atoms with Crippen molar-refractivity contribution in [3.63, 3.8) is 0 Å². The molecule has 74 heavy (non-hydrogen) atoms. The molecule has 2 aliphatic carbocycles. The average molecular weight is 1070 g/mol. The average Bonchev–Trinajstić information content (AvgIpc) is 3.76. The summed E-state index contributed by atoms with van der Waals surface area (Å²) in [5.41, 5.74) is -0.573. The van der Waals surface area contributed by atoms with Crippen LogP contribution in [0.2, 0.25) is 75.5 Å². The van der Waals surface area contributed by atoms with E-state index in [-0.39, 0.29) is 33.1 Å². The second-order valence-corrected chi connectivity index (χ2v) is 46.6. The molecule has 2 aromatic carbocycles. The predicted octanol–water partition coefficient (Wildman–Crippen LogP) is 16.2. The van der Waals surface area contributed by atoms with Crippen molar-refractivity contribution in [2.45, 2.75) is 215 Å². The van der Waals surface area contributed by atoms with Gasteiger partial charge in [0, 0.05) is 47.6 Å². The van der Waals surface area contributed by atoms with Crippen molar-refractivity contribution in [2.24, 2.45) is 23.7 Å². The van der Waals surface area contributed by atoms with Gasteiger partial charge in [-0.25, -0.2) is 0 Å². The molecule has 0 amide bonds. The number of hydrogen-bond acceptors (Lipinski definition) is 6. The summed E-state index contributed by atoms with van der Waals surface area (Å²) in [4.78, 5) is 0. The fourth-order valence-electron chi connectivity index (χ4n) is 12.9. The van der Waals surface area contributed by atoms with E-state index in [4.69, 9.17) is 27.2 Å². The van der Waals surface area contributed by atoms with Crippen LogP contribution in [0.1, 0.15) is 117 Å². The Balaban J connectivity index is 0.000000216. The molecular weight excluding hydrogens is 977 g/mol. The van der Waals surface area contributed by atoms with E-state index in [1.165, 1.54) is 0 Å². The second kappa shape index (κ2) is 21.4. The van der Waals surface area contributed by atoms with Gasteiger partial charge in [0.15, 0.2) is 33.3 Å². The Morgan fingerprint density at radius 3 is 1.23 bits per heavy atom. The van der Waals surface area contributed by atoms with Gasteiger partial charge in [-0.3, -0.25) is 0 Å². The highest BCUT2D eigenvalue weighted by atomic mass is 28.4. The largest absolute Gasteiger partial charge is 0.414 e. The Labute approximate surface area is 454 Å². The third-order valence-electron chi connectivity index (χ3n) is 18.0. The van der Waals surface area contributed by atoms with Crippen LogP contribution in [0.5, 0.6) is 0 Å². The Hall–Kier alpha value is -2.85. The number of allylic oxidation sites excluding steroid dienone is 4. The number of hydrogen-bond donors (Lipinski definition) is 0. The molecule has 2 aromatic rings. The first-order valence-corrected chi connectivity index (χ1v) is 40.8. The molecule has 4 heterocycles. The van der Waals surface area contributed by atoms with E-state index in [0.29, 0.717) is 25.0 Å². The number of rotatable bonds is 14. The molecule has 4 saturated heterocycles. The maximum Gasteiger partial charge on any atom is 0.192 e. The quantitative estimate of drug-likeness (QED) is 0.107. The van der Waals surface area contributed by atoms with Crippen molar-refractivity contribution in [3.8, 4) is 23.7 Å². The van der Waals surface area contributed by atoms with E-state index in [0.717, 1.165) is 75.3 Å². The van der Waals surface area contributed by atoms with Crippen LogP contribution in [0.25, 0.3) is 0 Å². The first-order valence-electron chi connectivity index (χ1n) is 28.1. The van der Waals surface area contributed by atoms with Gasteiger partial charge in [0.25, 0.3) is 0 Å². The number of benzene rings is 2. The lowest BCUT2D eigenvalue weighted by atomic mass is 9.64. The van der Waals surface area contributed by atoms with Crippen LogP contribution in [0.4, 0.5) is 0 Å². The minimum absolute atomic E-state index is 0.124. The van der Waals surface area contributed by atoms with Gasteiger partial charge in [-0.1, -0.05) is 138 Å². The molecule has 0 aromatic heterocycles. The standard InChI is InChI=1S/2C32H48O3Si2/c2*1-10-16-28-31(35-36(5,6)7,22-20-26-17-12-11-13-18-26)24-30(25-33-37(8,9)29(2,3)4)23-27-19-14-15-21-32(27,28)34-30/h2*10-14,17-19,27-28H,1,15-16,21,23-25H2,2-9H3/t2*27-,28-,30+,31-,32-/m10/s1. The Bertz CT molecular complexity index is 2320. The monoisotopic (exact) mass is 1070 g/mol. The molecular formula is C64H96O6Si4. The van der Waals surface area contributed by atoms with Crippen LogP contribution in [0.3, 0.4) is 0 Å². The summed E-state index contributed by atoms with van der Waals surface area (Å²) in [5.74, 6) is 15.6. The molecule has 0 saturated carbocycles. The molecule has 10 heteroatoms. The zero-order valence-electron chi connectivity index (χ0n) is 48.9. The summed E-state index contributed by atoms with van der Waals surface area (Å²) in [5, 5.41) is 0.289. The maximum absolute atomic E-state index is 7.34. The summed E-state index contributed by atoms with van der Waals surface area (Å²) in [6, 6.07) is 20.7. The van der Waals surface area contributed by atoms with Gasteiger partial charge in [0.2, 0.25) is 0 Å². The summed E-state index contributed by atoms with van der Waals surface area (Å²) in [6.45, 7) is 46.5. The van der Waals surface area contributed by atoms with Crippen molar-refractivity contribution in [1.29, 1.82) is 0 Å². The summed E-state index contributed by atoms with van der Waals surface area (Å²) >= 11 is 0. The van der Waals surface area contributed by atoms with Crippen LogP contribution < -0.4 is 0 Å². The first-order chi connectivity index (χ1) is 34.3. The molecule has 0 unspecified atom stereocenters. The van der Waals surface area contributed by atoms with Crippen LogP contribution in [0, 0.1) is 47.4 Å².